The summed E-state index contributed by atoms with van der Waals surface area (Å²) in [5.41, 5.74) is 14.8. The molecule has 1 aliphatic rings. The summed E-state index contributed by atoms with van der Waals surface area (Å²) in [7, 11) is 0. The topological polar surface area (TPSA) is 94.3 Å². The fraction of sp³-hybridized carbons (Fsp3) is 0.333. The highest BCUT2D eigenvalue weighted by Crippen LogP contribution is 2.41. The molecule has 26 heavy (non-hydrogen) atoms. The number of hydrogen-bond acceptors (Lipinski definition) is 5. The number of imidazole rings is 1. The van der Waals surface area contributed by atoms with E-state index in [1.807, 2.05) is 0 Å². The number of aromatic nitrogens is 3. The lowest BCUT2D eigenvalue weighted by atomic mass is 9.81. The number of nitrogens with two attached hydrogens (primary N) is 2. The Morgan fingerprint density at radius 1 is 1.12 bits per heavy atom. The number of hydrogen-bond donors (Lipinski definition) is 3. The van der Waals surface area contributed by atoms with Crippen molar-refractivity contribution < 1.29 is 8.78 Å². The first-order valence-electron chi connectivity index (χ1n) is 8.63. The molecule has 0 atom stereocenters. The van der Waals surface area contributed by atoms with Crippen molar-refractivity contribution in [2.45, 2.75) is 37.6 Å². The van der Waals surface area contributed by atoms with E-state index in [4.69, 9.17) is 11.5 Å². The Morgan fingerprint density at radius 3 is 2.62 bits per heavy atom. The van der Waals surface area contributed by atoms with Crippen LogP contribution in [0, 0.1) is 11.6 Å². The SMILES string of the molecule is Nc1nn2ccnc2c(Nc2ccc(F)c(F)c2)c1[C@H]1CC[C@H](N)CC1. The summed E-state index contributed by atoms with van der Waals surface area (Å²) in [5.74, 6) is -1.21. The van der Waals surface area contributed by atoms with Crippen LogP contribution >= 0.6 is 0 Å². The third-order valence-electron chi connectivity index (χ3n) is 4.98. The molecule has 0 aliphatic heterocycles. The number of fused-ring (bicyclic) bond motifs is 1. The van der Waals surface area contributed by atoms with Crippen molar-refractivity contribution in [2.75, 3.05) is 11.1 Å². The highest BCUT2D eigenvalue weighted by atomic mass is 19.2. The maximum absolute atomic E-state index is 13.6. The van der Waals surface area contributed by atoms with E-state index in [1.165, 1.54) is 6.07 Å². The Kier molecular flexibility index (Phi) is 4.20. The van der Waals surface area contributed by atoms with Crippen molar-refractivity contribution in [1.29, 1.82) is 0 Å². The van der Waals surface area contributed by atoms with E-state index < -0.39 is 11.6 Å². The molecule has 0 spiro atoms. The number of nitrogens with zero attached hydrogens (tertiary/aromatic N) is 3. The molecule has 2 heterocycles. The molecule has 1 aliphatic carbocycles. The van der Waals surface area contributed by atoms with Crippen molar-refractivity contribution in [1.82, 2.24) is 14.6 Å². The molecule has 0 unspecified atom stereocenters. The number of nitrogens with one attached hydrogen (secondary N) is 1. The lowest BCUT2D eigenvalue weighted by Gasteiger charge is -2.28. The van der Waals surface area contributed by atoms with E-state index in [1.54, 1.807) is 16.9 Å². The summed E-state index contributed by atoms with van der Waals surface area (Å²) in [4.78, 5) is 4.36. The van der Waals surface area contributed by atoms with Gasteiger partial charge in [-0.15, -0.1) is 5.10 Å². The number of halogens is 2. The number of benzene rings is 1. The van der Waals surface area contributed by atoms with E-state index in [2.05, 4.69) is 15.4 Å². The molecule has 1 aromatic carbocycles. The maximum Gasteiger partial charge on any atom is 0.177 e. The van der Waals surface area contributed by atoms with Crippen LogP contribution in [0.25, 0.3) is 5.65 Å². The smallest absolute Gasteiger partial charge is 0.177 e. The molecule has 1 saturated carbocycles. The molecule has 0 amide bonds. The third-order valence-corrected chi connectivity index (χ3v) is 4.98. The van der Waals surface area contributed by atoms with Crippen molar-refractivity contribution in [2.24, 2.45) is 5.73 Å². The van der Waals surface area contributed by atoms with E-state index in [0.717, 1.165) is 43.4 Å². The van der Waals surface area contributed by atoms with Gasteiger partial charge in [0.2, 0.25) is 0 Å². The first-order chi connectivity index (χ1) is 12.5. The minimum atomic E-state index is -0.915. The van der Waals surface area contributed by atoms with Gasteiger partial charge in [-0.3, -0.25) is 0 Å². The molecular weight excluding hydrogens is 338 g/mol. The van der Waals surface area contributed by atoms with Gasteiger partial charge in [-0.05, 0) is 43.7 Å². The fourth-order valence-electron chi connectivity index (χ4n) is 3.64. The molecule has 1 fully saturated rings. The van der Waals surface area contributed by atoms with Crippen LogP contribution in [0.4, 0.5) is 26.0 Å². The minimum absolute atomic E-state index is 0.191. The molecule has 5 N–H and O–H groups in total. The van der Waals surface area contributed by atoms with Crippen molar-refractivity contribution >= 4 is 22.8 Å². The fourth-order valence-corrected chi connectivity index (χ4v) is 3.64. The van der Waals surface area contributed by atoms with Crippen LogP contribution in [0.3, 0.4) is 0 Å². The predicted molar refractivity (Wildman–Crippen MR) is 96.2 cm³/mol. The molecule has 0 bridgehead atoms. The molecule has 6 nitrogen and oxygen atoms in total. The van der Waals surface area contributed by atoms with Crippen LogP contribution < -0.4 is 16.8 Å². The first-order valence-corrected chi connectivity index (χ1v) is 8.63. The van der Waals surface area contributed by atoms with Crippen molar-refractivity contribution in [3.8, 4) is 0 Å². The second kappa shape index (κ2) is 6.53. The van der Waals surface area contributed by atoms with Gasteiger partial charge in [-0.25, -0.2) is 18.3 Å². The second-order valence-electron chi connectivity index (χ2n) is 6.73. The zero-order valence-corrected chi connectivity index (χ0v) is 14.1. The Labute approximate surface area is 149 Å². The zero-order valence-electron chi connectivity index (χ0n) is 14.1. The number of anilines is 3. The van der Waals surface area contributed by atoms with Gasteiger partial charge in [0.1, 0.15) is 5.82 Å². The molecule has 0 saturated heterocycles. The largest absolute Gasteiger partial charge is 0.382 e. The Balaban J connectivity index is 1.81. The van der Waals surface area contributed by atoms with Crippen LogP contribution in [0.5, 0.6) is 0 Å². The lowest BCUT2D eigenvalue weighted by Crippen LogP contribution is -2.26. The van der Waals surface area contributed by atoms with Crippen molar-refractivity contribution in [3.63, 3.8) is 0 Å². The zero-order chi connectivity index (χ0) is 18.3. The van der Waals surface area contributed by atoms with Crippen LogP contribution in [0.2, 0.25) is 0 Å². The summed E-state index contributed by atoms with van der Waals surface area (Å²) in [6.07, 6.45) is 6.94. The van der Waals surface area contributed by atoms with E-state index in [-0.39, 0.29) is 12.0 Å². The summed E-state index contributed by atoms with van der Waals surface area (Å²) in [6, 6.07) is 3.89. The molecule has 3 aromatic rings. The molecule has 136 valence electrons. The number of nitrogen functional groups attached to an aromatic ring is 1. The molecule has 8 heteroatoms. The Morgan fingerprint density at radius 2 is 1.88 bits per heavy atom. The van der Waals surface area contributed by atoms with Crippen LogP contribution in [-0.4, -0.2) is 20.6 Å². The molecular formula is C18H20F2N6. The molecule has 2 aromatic heterocycles. The Bertz CT molecular complexity index is 946. The van der Waals surface area contributed by atoms with Crippen LogP contribution in [-0.2, 0) is 0 Å². The van der Waals surface area contributed by atoms with E-state index in [0.29, 0.717) is 22.8 Å². The average Bonchev–Trinajstić information content (AvgIpc) is 3.07. The molecule has 0 radical (unpaired) electrons. The monoisotopic (exact) mass is 358 g/mol. The van der Waals surface area contributed by atoms with Gasteiger partial charge < -0.3 is 16.8 Å². The van der Waals surface area contributed by atoms with E-state index in [9.17, 15) is 8.78 Å². The third kappa shape index (κ3) is 2.96. The minimum Gasteiger partial charge on any atom is -0.382 e. The second-order valence-corrected chi connectivity index (χ2v) is 6.73. The van der Waals surface area contributed by atoms with Gasteiger partial charge in [0.05, 0.1) is 5.69 Å². The highest BCUT2D eigenvalue weighted by molar-refractivity contribution is 5.80. The van der Waals surface area contributed by atoms with Gasteiger partial charge in [0, 0.05) is 35.8 Å². The van der Waals surface area contributed by atoms with Gasteiger partial charge in [0.25, 0.3) is 0 Å². The van der Waals surface area contributed by atoms with Gasteiger partial charge in [-0.1, -0.05) is 0 Å². The quantitative estimate of drug-likeness (QED) is 0.668. The van der Waals surface area contributed by atoms with Crippen LogP contribution in [0.1, 0.15) is 37.2 Å². The molecule has 4 rings (SSSR count). The maximum atomic E-state index is 13.6. The van der Waals surface area contributed by atoms with E-state index >= 15 is 0 Å². The Hall–Kier alpha value is -2.74. The van der Waals surface area contributed by atoms with Gasteiger partial charge >= 0.3 is 0 Å². The van der Waals surface area contributed by atoms with Crippen molar-refractivity contribution in [3.05, 3.63) is 47.8 Å². The number of rotatable bonds is 3. The first kappa shape index (κ1) is 16.7. The lowest BCUT2D eigenvalue weighted by molar-refractivity contribution is 0.396. The van der Waals surface area contributed by atoms with Gasteiger partial charge in [-0.2, -0.15) is 0 Å². The summed E-state index contributed by atoms with van der Waals surface area (Å²) in [5, 5.41) is 7.57. The average molecular weight is 358 g/mol. The summed E-state index contributed by atoms with van der Waals surface area (Å²) >= 11 is 0. The standard InChI is InChI=1S/C18H20F2N6/c19-13-6-5-12(9-14(13)20)24-16-15(10-1-3-11(21)4-2-10)17(22)25-26-8-7-23-18(16)26/h5-11,24H,1-4,21H2,(H2,22,25)/t10-,11-. The predicted octanol–water partition coefficient (Wildman–Crippen LogP) is 3.32. The summed E-state index contributed by atoms with van der Waals surface area (Å²) < 4.78 is 28.5. The summed E-state index contributed by atoms with van der Waals surface area (Å²) in [6.45, 7) is 0. The highest BCUT2D eigenvalue weighted by Gasteiger charge is 2.27. The van der Waals surface area contributed by atoms with Gasteiger partial charge in [0.15, 0.2) is 17.3 Å². The normalized spacial score (nSPS) is 20.4. The van der Waals surface area contributed by atoms with Crippen LogP contribution in [0.15, 0.2) is 30.6 Å².